The first kappa shape index (κ1) is 28.1. The van der Waals surface area contributed by atoms with E-state index in [1.165, 1.54) is 51.0 Å². The fourth-order valence-corrected chi connectivity index (χ4v) is 13.9. The van der Waals surface area contributed by atoms with Crippen LogP contribution in [0.25, 0.3) is 6.08 Å². The van der Waals surface area contributed by atoms with E-state index in [1.807, 2.05) is 0 Å². The predicted molar refractivity (Wildman–Crippen MR) is 179 cm³/mol. The summed E-state index contributed by atoms with van der Waals surface area (Å²) in [6.45, 7) is 11.9. The SMILES string of the molecule is Cc1cc2c(cc1C=CCCP(Br)(c1ccccc1)(c1ccccc1)c1ccccc1)C(C)(C)CCC2(C)C. The van der Waals surface area contributed by atoms with Gasteiger partial charge < -0.3 is 0 Å². The summed E-state index contributed by atoms with van der Waals surface area (Å²) >= 11 is 4.59. The fourth-order valence-electron chi connectivity index (χ4n) is 6.50. The van der Waals surface area contributed by atoms with Crippen LogP contribution in [0.3, 0.4) is 0 Å². The van der Waals surface area contributed by atoms with E-state index >= 15 is 0 Å². The summed E-state index contributed by atoms with van der Waals surface area (Å²) in [4.78, 5) is 0. The van der Waals surface area contributed by atoms with Gasteiger partial charge in [0.25, 0.3) is 0 Å². The molecule has 0 N–H and O–H groups in total. The van der Waals surface area contributed by atoms with E-state index in [4.69, 9.17) is 0 Å². The molecule has 0 spiro atoms. The van der Waals surface area contributed by atoms with E-state index in [9.17, 15) is 0 Å². The van der Waals surface area contributed by atoms with Gasteiger partial charge in [-0.1, -0.05) is 0 Å². The molecule has 0 aromatic heterocycles. The molecule has 1 aliphatic carbocycles. The first-order valence-electron chi connectivity index (χ1n) is 14.3. The van der Waals surface area contributed by atoms with Crippen LogP contribution in [0.4, 0.5) is 0 Å². The van der Waals surface area contributed by atoms with Crippen molar-refractivity contribution < 1.29 is 0 Å². The summed E-state index contributed by atoms with van der Waals surface area (Å²) in [5, 5.41) is 1.24. The molecule has 5 rings (SSSR count). The third kappa shape index (κ3) is 4.98. The van der Waals surface area contributed by atoms with Crippen LogP contribution >= 0.6 is 20.8 Å². The van der Waals surface area contributed by atoms with Crippen molar-refractivity contribution in [2.45, 2.75) is 64.7 Å². The Bertz CT molecular complexity index is 1370. The number of rotatable bonds is 7. The Balaban J connectivity index is 1.56. The molecule has 0 saturated heterocycles. The minimum atomic E-state index is -2.90. The van der Waals surface area contributed by atoms with Crippen LogP contribution in [0.1, 0.15) is 69.2 Å². The minimum absolute atomic E-state index is 0.219. The Morgan fingerprint density at radius 2 is 1.08 bits per heavy atom. The molecule has 0 fully saturated rings. The molecule has 0 amide bonds. The van der Waals surface area contributed by atoms with Gasteiger partial charge in [0.05, 0.1) is 0 Å². The van der Waals surface area contributed by atoms with Crippen LogP contribution in [0, 0.1) is 6.92 Å². The van der Waals surface area contributed by atoms with Crippen molar-refractivity contribution in [1.82, 2.24) is 0 Å². The number of hydrogen-bond acceptors (Lipinski definition) is 0. The van der Waals surface area contributed by atoms with Crippen molar-refractivity contribution in [3.8, 4) is 0 Å². The zero-order chi connectivity index (χ0) is 27.8. The van der Waals surface area contributed by atoms with Crippen LogP contribution in [-0.2, 0) is 10.8 Å². The maximum absolute atomic E-state index is 4.59. The third-order valence-corrected chi connectivity index (χ3v) is 19.1. The second-order valence-corrected chi connectivity index (χ2v) is 21.7. The van der Waals surface area contributed by atoms with Gasteiger partial charge in [0, 0.05) is 0 Å². The van der Waals surface area contributed by atoms with Gasteiger partial charge in [0.2, 0.25) is 0 Å². The van der Waals surface area contributed by atoms with E-state index in [0.29, 0.717) is 0 Å². The molecule has 0 unspecified atom stereocenters. The van der Waals surface area contributed by atoms with Gasteiger partial charge in [0.15, 0.2) is 0 Å². The summed E-state index contributed by atoms with van der Waals surface area (Å²) in [6, 6.07) is 38.3. The van der Waals surface area contributed by atoms with E-state index in [2.05, 4.69) is 165 Å². The Morgan fingerprint density at radius 3 is 1.51 bits per heavy atom. The summed E-state index contributed by atoms with van der Waals surface area (Å²) in [7, 11) is 0. The molecule has 202 valence electrons. The Hall–Kier alpha value is -2.47. The first-order valence-corrected chi connectivity index (χ1v) is 18.7. The van der Waals surface area contributed by atoms with Gasteiger partial charge in [-0.2, -0.15) is 0 Å². The molecule has 0 atom stereocenters. The first-order chi connectivity index (χ1) is 18.6. The predicted octanol–water partition coefficient (Wildman–Crippen LogP) is 9.59. The number of allylic oxidation sites excluding steroid dienone is 1. The zero-order valence-corrected chi connectivity index (χ0v) is 26.6. The van der Waals surface area contributed by atoms with Crippen LogP contribution in [0.5, 0.6) is 0 Å². The van der Waals surface area contributed by atoms with Crippen LogP contribution in [0.2, 0.25) is 0 Å². The standard InChI is InChI=1S/C37H42BrP/c1-29-27-34-35(37(4,5)25-24-36(34,2)3)28-30(29)17-15-16-26-39(38,31-18-9-6-10-19-31,32-20-11-7-12-21-32)33-22-13-8-14-23-33/h6-15,17-23,27-28H,16,24-26H2,1-5H3. The Kier molecular flexibility index (Phi) is 7.56. The molecule has 1 aliphatic rings. The van der Waals surface area contributed by atoms with Crippen molar-refractivity contribution in [2.24, 2.45) is 0 Å². The summed E-state index contributed by atoms with van der Waals surface area (Å²) in [6.07, 6.45) is 9.27. The Morgan fingerprint density at radius 1 is 0.667 bits per heavy atom. The monoisotopic (exact) mass is 596 g/mol. The molecule has 0 aliphatic heterocycles. The number of hydrogen-bond donors (Lipinski definition) is 0. The molecule has 0 nitrogen and oxygen atoms in total. The van der Waals surface area contributed by atoms with Crippen molar-refractivity contribution in [1.29, 1.82) is 0 Å². The van der Waals surface area contributed by atoms with Crippen molar-refractivity contribution >= 4 is 42.8 Å². The second-order valence-electron chi connectivity index (χ2n) is 12.6. The fraction of sp³-hybridized carbons (Fsp3) is 0.297. The number of halogens is 1. The van der Waals surface area contributed by atoms with Gasteiger partial charge in [-0.05, 0) is 0 Å². The van der Waals surface area contributed by atoms with Crippen molar-refractivity contribution in [3.63, 3.8) is 0 Å². The topological polar surface area (TPSA) is 0 Å². The molecule has 4 aromatic carbocycles. The average Bonchev–Trinajstić information content (AvgIpc) is 2.95. The van der Waals surface area contributed by atoms with Gasteiger partial charge in [-0.15, -0.1) is 0 Å². The average molecular weight is 598 g/mol. The molecule has 4 aromatic rings. The summed E-state index contributed by atoms with van der Waals surface area (Å²) in [5.41, 5.74) is 6.26. The molecule has 39 heavy (non-hydrogen) atoms. The summed E-state index contributed by atoms with van der Waals surface area (Å²) in [5.74, 6) is 0. The third-order valence-electron chi connectivity index (χ3n) is 9.14. The van der Waals surface area contributed by atoms with Gasteiger partial charge in [-0.3, -0.25) is 0 Å². The van der Waals surface area contributed by atoms with Gasteiger partial charge in [-0.25, -0.2) is 0 Å². The number of benzene rings is 4. The second kappa shape index (κ2) is 10.5. The number of fused-ring (bicyclic) bond motifs is 1. The van der Waals surface area contributed by atoms with Crippen molar-refractivity contribution in [3.05, 3.63) is 131 Å². The molecular weight excluding hydrogens is 555 g/mol. The molecule has 0 bridgehead atoms. The molecule has 0 radical (unpaired) electrons. The number of aryl methyl sites for hydroxylation is 1. The normalized spacial score (nSPS) is 17.3. The molecule has 0 saturated carbocycles. The van der Waals surface area contributed by atoms with E-state index < -0.39 is 5.31 Å². The quantitative estimate of drug-likeness (QED) is 0.186. The molecular formula is C37H42BrP. The van der Waals surface area contributed by atoms with Crippen molar-refractivity contribution in [2.75, 3.05) is 6.16 Å². The Labute approximate surface area is 244 Å². The van der Waals surface area contributed by atoms with E-state index in [0.717, 1.165) is 12.6 Å². The van der Waals surface area contributed by atoms with Crippen LogP contribution < -0.4 is 15.9 Å². The van der Waals surface area contributed by atoms with E-state index in [-0.39, 0.29) is 10.8 Å². The molecule has 0 heterocycles. The zero-order valence-electron chi connectivity index (χ0n) is 24.1. The van der Waals surface area contributed by atoms with Crippen LogP contribution in [0.15, 0.2) is 109 Å². The van der Waals surface area contributed by atoms with Gasteiger partial charge >= 0.3 is 245 Å². The summed E-state index contributed by atoms with van der Waals surface area (Å²) < 4.78 is 0. The maximum atomic E-state index is 4.59. The van der Waals surface area contributed by atoms with Gasteiger partial charge in [0.1, 0.15) is 0 Å². The van der Waals surface area contributed by atoms with E-state index in [1.54, 1.807) is 0 Å². The van der Waals surface area contributed by atoms with Crippen LogP contribution in [-0.4, -0.2) is 6.16 Å². The molecule has 2 heteroatoms.